The highest BCUT2D eigenvalue weighted by Crippen LogP contribution is 2.38. The number of aliphatic imine (C=N–C) groups is 1. The first-order chi connectivity index (χ1) is 8.46. The van der Waals surface area contributed by atoms with Crippen LogP contribution in [0.15, 0.2) is 4.99 Å². The molecule has 6 heteroatoms. The molecule has 0 amide bonds. The largest absolute Gasteiger partial charge is 0.375 e. The first-order valence-electron chi connectivity index (χ1n) is 6.50. The maximum atomic E-state index is 13.0. The van der Waals surface area contributed by atoms with Gasteiger partial charge in [0.1, 0.15) is 0 Å². The van der Waals surface area contributed by atoms with Gasteiger partial charge in [0.25, 0.3) is 0 Å². The number of guanidine groups is 1. The summed E-state index contributed by atoms with van der Waals surface area (Å²) in [5.41, 5.74) is 5.89. The molecular weight excluding hydrogens is 240 g/mol. The Balaban J connectivity index is 1.82. The lowest BCUT2D eigenvalue weighted by Crippen LogP contribution is -2.48. The van der Waals surface area contributed by atoms with Crippen molar-refractivity contribution in [2.45, 2.75) is 38.2 Å². The lowest BCUT2D eigenvalue weighted by atomic mass is 10.1. The van der Waals surface area contributed by atoms with E-state index in [-0.39, 0.29) is 24.9 Å². The number of hydrogen-bond donors (Lipinski definition) is 1. The Bertz CT molecular complexity index is 322. The SMILES string of the molecule is CC1CN(C(N)=NCC2CCC(F)(F)C2)CCO1. The molecule has 4 nitrogen and oxygen atoms in total. The summed E-state index contributed by atoms with van der Waals surface area (Å²) >= 11 is 0. The summed E-state index contributed by atoms with van der Waals surface area (Å²) in [6, 6.07) is 0. The van der Waals surface area contributed by atoms with Gasteiger partial charge in [0.05, 0.1) is 12.7 Å². The zero-order valence-electron chi connectivity index (χ0n) is 10.7. The molecule has 2 fully saturated rings. The van der Waals surface area contributed by atoms with Gasteiger partial charge in [-0.25, -0.2) is 8.78 Å². The molecule has 1 aliphatic heterocycles. The number of nitrogens with two attached hydrogens (primary N) is 1. The Hall–Kier alpha value is -0.910. The van der Waals surface area contributed by atoms with Crippen molar-refractivity contribution in [1.29, 1.82) is 0 Å². The summed E-state index contributed by atoms with van der Waals surface area (Å²) in [6.45, 7) is 4.47. The number of ether oxygens (including phenoxy) is 1. The highest BCUT2D eigenvalue weighted by molar-refractivity contribution is 5.78. The molecule has 1 heterocycles. The average Bonchev–Trinajstić information content (AvgIpc) is 2.66. The number of morpholine rings is 1. The van der Waals surface area contributed by atoms with E-state index in [2.05, 4.69) is 4.99 Å². The third kappa shape index (κ3) is 3.54. The van der Waals surface area contributed by atoms with Crippen LogP contribution in [0.1, 0.15) is 26.2 Å². The second kappa shape index (κ2) is 5.38. The topological polar surface area (TPSA) is 50.8 Å². The van der Waals surface area contributed by atoms with E-state index < -0.39 is 5.92 Å². The quantitative estimate of drug-likeness (QED) is 0.605. The fraction of sp³-hybridized carbons (Fsp3) is 0.917. The molecule has 18 heavy (non-hydrogen) atoms. The van der Waals surface area contributed by atoms with Crippen LogP contribution in [0.2, 0.25) is 0 Å². The molecule has 2 atom stereocenters. The Morgan fingerprint density at radius 2 is 2.33 bits per heavy atom. The lowest BCUT2D eigenvalue weighted by molar-refractivity contribution is 0.00467. The van der Waals surface area contributed by atoms with Crippen LogP contribution in [0.25, 0.3) is 0 Å². The number of halogens is 2. The number of nitrogens with zero attached hydrogens (tertiary/aromatic N) is 2. The third-order valence-corrected chi connectivity index (χ3v) is 3.58. The molecule has 2 unspecified atom stereocenters. The first kappa shape index (κ1) is 13.5. The van der Waals surface area contributed by atoms with Gasteiger partial charge in [-0.15, -0.1) is 0 Å². The molecule has 0 bridgehead atoms. The van der Waals surface area contributed by atoms with Crippen LogP contribution in [0.4, 0.5) is 8.78 Å². The average molecular weight is 261 g/mol. The van der Waals surface area contributed by atoms with E-state index in [1.807, 2.05) is 11.8 Å². The fourth-order valence-corrected chi connectivity index (χ4v) is 2.55. The van der Waals surface area contributed by atoms with Crippen LogP contribution >= 0.6 is 0 Å². The molecule has 0 radical (unpaired) electrons. The van der Waals surface area contributed by atoms with Crippen LogP contribution < -0.4 is 5.73 Å². The molecule has 104 valence electrons. The Morgan fingerprint density at radius 3 is 2.94 bits per heavy atom. The summed E-state index contributed by atoms with van der Waals surface area (Å²) in [5.74, 6) is -2.07. The van der Waals surface area contributed by atoms with Crippen molar-refractivity contribution >= 4 is 5.96 Å². The van der Waals surface area contributed by atoms with Gasteiger partial charge in [-0.1, -0.05) is 0 Å². The van der Waals surface area contributed by atoms with Gasteiger partial charge >= 0.3 is 0 Å². The standard InChI is InChI=1S/C12H21F2N3O/c1-9-8-17(4-5-18-9)11(15)16-7-10-2-3-12(13,14)6-10/h9-10H,2-8H2,1H3,(H2,15,16). The zero-order chi connectivity index (χ0) is 13.2. The van der Waals surface area contributed by atoms with Crippen molar-refractivity contribution in [3.8, 4) is 0 Å². The van der Waals surface area contributed by atoms with Gasteiger partial charge in [0.2, 0.25) is 5.92 Å². The van der Waals surface area contributed by atoms with E-state index in [1.165, 1.54) is 0 Å². The normalized spacial score (nSPS) is 32.8. The van der Waals surface area contributed by atoms with E-state index >= 15 is 0 Å². The van der Waals surface area contributed by atoms with Gasteiger partial charge in [0.15, 0.2) is 5.96 Å². The fourth-order valence-electron chi connectivity index (χ4n) is 2.55. The zero-order valence-corrected chi connectivity index (χ0v) is 10.7. The highest BCUT2D eigenvalue weighted by Gasteiger charge is 2.39. The smallest absolute Gasteiger partial charge is 0.248 e. The second-order valence-corrected chi connectivity index (χ2v) is 5.29. The molecule has 1 aliphatic carbocycles. The molecular formula is C12H21F2N3O. The summed E-state index contributed by atoms with van der Waals surface area (Å²) in [5, 5.41) is 0. The van der Waals surface area contributed by atoms with Gasteiger partial charge in [-0.3, -0.25) is 4.99 Å². The molecule has 0 spiro atoms. The summed E-state index contributed by atoms with van der Waals surface area (Å²) in [6.07, 6.45) is 0.622. The Kier molecular flexibility index (Phi) is 4.04. The lowest BCUT2D eigenvalue weighted by Gasteiger charge is -2.32. The molecule has 0 aromatic heterocycles. The predicted octanol–water partition coefficient (Wildman–Crippen LogP) is 1.46. The maximum Gasteiger partial charge on any atom is 0.248 e. The van der Waals surface area contributed by atoms with Crippen molar-refractivity contribution in [1.82, 2.24) is 4.90 Å². The van der Waals surface area contributed by atoms with Crippen LogP contribution in [-0.4, -0.2) is 49.1 Å². The number of alkyl halides is 2. The molecule has 2 N–H and O–H groups in total. The summed E-state index contributed by atoms with van der Waals surface area (Å²) in [7, 11) is 0. The molecule has 0 aromatic carbocycles. The Labute approximate surface area is 106 Å². The molecule has 2 aliphatic rings. The van der Waals surface area contributed by atoms with Crippen molar-refractivity contribution in [3.05, 3.63) is 0 Å². The van der Waals surface area contributed by atoms with E-state index in [9.17, 15) is 8.78 Å². The van der Waals surface area contributed by atoms with E-state index in [0.717, 1.165) is 13.1 Å². The summed E-state index contributed by atoms with van der Waals surface area (Å²) in [4.78, 5) is 6.22. The van der Waals surface area contributed by atoms with Crippen molar-refractivity contribution < 1.29 is 13.5 Å². The molecule has 1 saturated heterocycles. The summed E-state index contributed by atoms with van der Waals surface area (Å²) < 4.78 is 31.4. The van der Waals surface area contributed by atoms with Crippen molar-refractivity contribution in [2.24, 2.45) is 16.6 Å². The van der Waals surface area contributed by atoms with E-state index in [1.54, 1.807) is 0 Å². The predicted molar refractivity (Wildman–Crippen MR) is 65.8 cm³/mol. The minimum atomic E-state index is -2.50. The maximum absolute atomic E-state index is 13.0. The first-order valence-corrected chi connectivity index (χ1v) is 6.50. The van der Waals surface area contributed by atoms with Crippen LogP contribution in [0.3, 0.4) is 0 Å². The van der Waals surface area contributed by atoms with Gasteiger partial charge < -0.3 is 15.4 Å². The Morgan fingerprint density at radius 1 is 1.56 bits per heavy atom. The molecule has 0 aromatic rings. The van der Waals surface area contributed by atoms with E-state index in [0.29, 0.717) is 25.5 Å². The monoisotopic (exact) mass is 261 g/mol. The minimum Gasteiger partial charge on any atom is -0.375 e. The van der Waals surface area contributed by atoms with Crippen LogP contribution in [-0.2, 0) is 4.74 Å². The van der Waals surface area contributed by atoms with Crippen LogP contribution in [0.5, 0.6) is 0 Å². The van der Waals surface area contributed by atoms with Crippen molar-refractivity contribution in [3.63, 3.8) is 0 Å². The van der Waals surface area contributed by atoms with Gasteiger partial charge in [-0.05, 0) is 19.3 Å². The van der Waals surface area contributed by atoms with Crippen LogP contribution in [0, 0.1) is 5.92 Å². The second-order valence-electron chi connectivity index (χ2n) is 5.29. The third-order valence-electron chi connectivity index (χ3n) is 3.58. The molecule has 1 saturated carbocycles. The number of rotatable bonds is 2. The number of hydrogen-bond acceptors (Lipinski definition) is 2. The highest BCUT2D eigenvalue weighted by atomic mass is 19.3. The van der Waals surface area contributed by atoms with E-state index in [4.69, 9.17) is 10.5 Å². The minimum absolute atomic E-state index is 0.0122. The van der Waals surface area contributed by atoms with Crippen molar-refractivity contribution in [2.75, 3.05) is 26.2 Å². The molecule has 2 rings (SSSR count). The van der Waals surface area contributed by atoms with Gasteiger partial charge in [0, 0.05) is 32.5 Å². The van der Waals surface area contributed by atoms with Gasteiger partial charge in [-0.2, -0.15) is 0 Å².